The number of methoxy groups -OCH3 is 1. The van der Waals surface area contributed by atoms with Crippen LogP contribution in [0.15, 0.2) is 0 Å². The standard InChI is InChI=1S/C17H31N3O4/c1-5-13(2)17(19(3)16(23)11-18-12-21)14(24-4)10-15(22)20-8-6-7-9-20/h12-14,17H,5-11H2,1-4H3,(H,18,21)/t13-,14+,17-/m0/s1. The number of rotatable bonds is 10. The molecular weight excluding hydrogens is 310 g/mol. The lowest BCUT2D eigenvalue weighted by Gasteiger charge is -2.38. The van der Waals surface area contributed by atoms with Crippen LogP contribution in [-0.4, -0.2) is 74.0 Å². The third-order valence-corrected chi connectivity index (χ3v) is 4.92. The van der Waals surface area contributed by atoms with E-state index in [1.807, 2.05) is 11.8 Å². The first-order chi connectivity index (χ1) is 11.5. The van der Waals surface area contributed by atoms with E-state index in [-0.39, 0.29) is 42.8 Å². The Morgan fingerprint density at radius 1 is 1.33 bits per heavy atom. The molecule has 1 N–H and O–H groups in total. The Morgan fingerprint density at radius 3 is 2.46 bits per heavy atom. The molecule has 0 aliphatic carbocycles. The third-order valence-electron chi connectivity index (χ3n) is 4.92. The maximum Gasteiger partial charge on any atom is 0.242 e. The van der Waals surface area contributed by atoms with Crippen LogP contribution in [-0.2, 0) is 19.1 Å². The van der Waals surface area contributed by atoms with Gasteiger partial charge in [-0.1, -0.05) is 20.3 Å². The topological polar surface area (TPSA) is 79.0 Å². The first-order valence-corrected chi connectivity index (χ1v) is 8.69. The van der Waals surface area contributed by atoms with E-state index in [0.717, 1.165) is 32.4 Å². The van der Waals surface area contributed by atoms with Gasteiger partial charge >= 0.3 is 0 Å². The Balaban J connectivity index is 2.83. The molecule has 0 saturated carbocycles. The number of hydrogen-bond donors (Lipinski definition) is 1. The summed E-state index contributed by atoms with van der Waals surface area (Å²) < 4.78 is 5.61. The quantitative estimate of drug-likeness (QED) is 0.591. The molecule has 138 valence electrons. The highest BCUT2D eigenvalue weighted by atomic mass is 16.5. The van der Waals surface area contributed by atoms with Crippen molar-refractivity contribution >= 4 is 18.2 Å². The van der Waals surface area contributed by atoms with E-state index in [4.69, 9.17) is 4.74 Å². The minimum atomic E-state index is -0.363. The Bertz CT molecular complexity index is 424. The summed E-state index contributed by atoms with van der Waals surface area (Å²) in [6.45, 7) is 5.66. The minimum absolute atomic E-state index is 0.0521. The predicted molar refractivity (Wildman–Crippen MR) is 91.3 cm³/mol. The molecule has 7 heteroatoms. The van der Waals surface area contributed by atoms with Crippen molar-refractivity contribution in [1.29, 1.82) is 0 Å². The molecule has 1 heterocycles. The zero-order valence-electron chi connectivity index (χ0n) is 15.3. The number of carbonyl (C=O) groups is 3. The fourth-order valence-corrected chi connectivity index (χ4v) is 3.27. The van der Waals surface area contributed by atoms with E-state index < -0.39 is 0 Å². The Hall–Kier alpha value is -1.63. The molecular formula is C17H31N3O4. The molecule has 0 unspecified atom stereocenters. The van der Waals surface area contributed by atoms with Crippen LogP contribution in [0.3, 0.4) is 0 Å². The molecule has 24 heavy (non-hydrogen) atoms. The summed E-state index contributed by atoms with van der Waals surface area (Å²) >= 11 is 0. The average molecular weight is 341 g/mol. The number of carbonyl (C=O) groups excluding carboxylic acids is 3. The first kappa shape index (κ1) is 20.4. The van der Waals surface area contributed by atoms with Gasteiger partial charge in [0.2, 0.25) is 18.2 Å². The summed E-state index contributed by atoms with van der Waals surface area (Å²) in [5, 5.41) is 2.40. The van der Waals surface area contributed by atoms with Gasteiger partial charge in [0.15, 0.2) is 0 Å². The molecule has 7 nitrogen and oxygen atoms in total. The third kappa shape index (κ3) is 5.47. The van der Waals surface area contributed by atoms with Crippen LogP contribution < -0.4 is 5.32 Å². The van der Waals surface area contributed by atoms with E-state index in [9.17, 15) is 14.4 Å². The molecule has 0 aromatic carbocycles. The van der Waals surface area contributed by atoms with Crippen molar-refractivity contribution in [2.75, 3.05) is 33.8 Å². The molecule has 1 aliphatic heterocycles. The van der Waals surface area contributed by atoms with Gasteiger partial charge in [0, 0.05) is 27.2 Å². The van der Waals surface area contributed by atoms with E-state index in [1.165, 1.54) is 0 Å². The summed E-state index contributed by atoms with van der Waals surface area (Å²) in [5.74, 6) is 0.0640. The lowest BCUT2D eigenvalue weighted by molar-refractivity contribution is -0.141. The number of hydrogen-bond acceptors (Lipinski definition) is 4. The van der Waals surface area contributed by atoms with E-state index in [1.54, 1.807) is 19.1 Å². The molecule has 1 aliphatic rings. The fourth-order valence-electron chi connectivity index (χ4n) is 3.27. The van der Waals surface area contributed by atoms with Crippen LogP contribution >= 0.6 is 0 Å². The summed E-state index contributed by atoms with van der Waals surface area (Å²) in [6.07, 6.45) is 3.38. The van der Waals surface area contributed by atoms with Crippen molar-refractivity contribution in [3.63, 3.8) is 0 Å². The molecule has 3 atom stereocenters. The van der Waals surface area contributed by atoms with Crippen molar-refractivity contribution in [3.8, 4) is 0 Å². The molecule has 0 spiro atoms. The SMILES string of the molecule is CC[C@H](C)[C@@H]([C@@H](CC(=O)N1CCCC1)OC)N(C)C(=O)CNC=O. The summed E-state index contributed by atoms with van der Waals surface area (Å²) in [5.41, 5.74) is 0. The summed E-state index contributed by atoms with van der Waals surface area (Å²) in [7, 11) is 3.29. The molecule has 1 saturated heterocycles. The highest BCUT2D eigenvalue weighted by Gasteiger charge is 2.34. The predicted octanol–water partition coefficient (Wildman–Crippen LogP) is 0.633. The molecule has 1 rings (SSSR count). The van der Waals surface area contributed by atoms with Crippen LogP contribution in [0.5, 0.6) is 0 Å². The van der Waals surface area contributed by atoms with E-state index >= 15 is 0 Å². The van der Waals surface area contributed by atoms with E-state index in [0.29, 0.717) is 6.41 Å². The Labute approximate surface area is 144 Å². The van der Waals surface area contributed by atoms with Gasteiger partial charge in [-0.25, -0.2) is 0 Å². The molecule has 3 amide bonds. The fraction of sp³-hybridized carbons (Fsp3) is 0.824. The number of likely N-dealkylation sites (tertiary alicyclic amines) is 1. The highest BCUT2D eigenvalue weighted by molar-refractivity contribution is 5.80. The Morgan fingerprint density at radius 2 is 1.96 bits per heavy atom. The monoisotopic (exact) mass is 341 g/mol. The number of nitrogens with one attached hydrogen (secondary N) is 1. The maximum atomic E-state index is 12.5. The number of amides is 3. The van der Waals surface area contributed by atoms with Gasteiger partial charge in [-0.05, 0) is 18.8 Å². The van der Waals surface area contributed by atoms with Gasteiger partial charge in [0.1, 0.15) is 0 Å². The molecule has 0 aromatic rings. The number of ether oxygens (including phenoxy) is 1. The van der Waals surface area contributed by atoms with Crippen molar-refractivity contribution in [1.82, 2.24) is 15.1 Å². The van der Waals surface area contributed by atoms with E-state index in [2.05, 4.69) is 12.2 Å². The second-order valence-electron chi connectivity index (χ2n) is 6.45. The molecule has 0 bridgehead atoms. The van der Waals surface area contributed by atoms with Crippen LogP contribution in [0.2, 0.25) is 0 Å². The molecule has 0 radical (unpaired) electrons. The summed E-state index contributed by atoms with van der Waals surface area (Å²) in [6, 6.07) is -0.215. The van der Waals surface area contributed by atoms with Crippen molar-refractivity contribution in [3.05, 3.63) is 0 Å². The second-order valence-corrected chi connectivity index (χ2v) is 6.45. The number of likely N-dealkylation sites (N-methyl/N-ethyl adjacent to an activating group) is 1. The van der Waals surface area contributed by atoms with Crippen molar-refractivity contribution in [2.24, 2.45) is 5.92 Å². The van der Waals surface area contributed by atoms with Gasteiger partial charge < -0.3 is 19.9 Å². The van der Waals surface area contributed by atoms with Gasteiger partial charge in [-0.2, -0.15) is 0 Å². The maximum absolute atomic E-state index is 12.5. The summed E-state index contributed by atoms with van der Waals surface area (Å²) in [4.78, 5) is 38.7. The lowest BCUT2D eigenvalue weighted by Crippen LogP contribution is -2.52. The molecule has 1 fully saturated rings. The Kier molecular flexibility index (Phi) is 8.74. The van der Waals surface area contributed by atoms with Crippen molar-refractivity contribution in [2.45, 2.75) is 51.7 Å². The zero-order chi connectivity index (χ0) is 18.1. The van der Waals surface area contributed by atoms with Crippen LogP contribution in [0.25, 0.3) is 0 Å². The van der Waals surface area contributed by atoms with Crippen molar-refractivity contribution < 1.29 is 19.1 Å². The number of nitrogens with zero attached hydrogens (tertiary/aromatic N) is 2. The van der Waals surface area contributed by atoms with Gasteiger partial charge in [0.05, 0.1) is 25.1 Å². The van der Waals surface area contributed by atoms with Crippen LogP contribution in [0.4, 0.5) is 0 Å². The highest BCUT2D eigenvalue weighted by Crippen LogP contribution is 2.23. The first-order valence-electron chi connectivity index (χ1n) is 8.69. The zero-order valence-corrected chi connectivity index (χ0v) is 15.3. The average Bonchev–Trinajstić information content (AvgIpc) is 3.12. The minimum Gasteiger partial charge on any atom is -0.379 e. The van der Waals surface area contributed by atoms with Crippen LogP contribution in [0.1, 0.15) is 39.5 Å². The lowest BCUT2D eigenvalue weighted by atomic mass is 9.91. The molecule has 0 aromatic heterocycles. The second kappa shape index (κ2) is 10.3. The van der Waals surface area contributed by atoms with Gasteiger partial charge in [-0.3, -0.25) is 14.4 Å². The van der Waals surface area contributed by atoms with Gasteiger partial charge in [0.25, 0.3) is 0 Å². The van der Waals surface area contributed by atoms with Gasteiger partial charge in [-0.15, -0.1) is 0 Å². The van der Waals surface area contributed by atoms with Crippen LogP contribution in [0, 0.1) is 5.92 Å². The largest absolute Gasteiger partial charge is 0.379 e. The normalized spacial score (nSPS) is 17.9. The smallest absolute Gasteiger partial charge is 0.242 e.